The predicted molar refractivity (Wildman–Crippen MR) is 87.1 cm³/mol. The lowest BCUT2D eigenvalue weighted by Crippen LogP contribution is -2.31. The first kappa shape index (κ1) is 17.6. The van der Waals surface area contributed by atoms with Gasteiger partial charge in [0.25, 0.3) is 0 Å². The molecule has 0 fully saturated rings. The molecule has 0 aliphatic carbocycles. The van der Waals surface area contributed by atoms with Gasteiger partial charge in [0.1, 0.15) is 11.6 Å². The summed E-state index contributed by atoms with van der Waals surface area (Å²) in [4.78, 5) is 25.1. The van der Waals surface area contributed by atoms with Gasteiger partial charge in [-0.3, -0.25) is 9.59 Å². The minimum Gasteiger partial charge on any atom is -0.338 e. The average Bonchev–Trinajstić information content (AvgIpc) is 2.55. The van der Waals surface area contributed by atoms with Crippen LogP contribution in [0.2, 0.25) is 0 Å². The van der Waals surface area contributed by atoms with Crippen LogP contribution in [0.4, 0.5) is 14.5 Å². The van der Waals surface area contributed by atoms with Crippen LogP contribution in [0.25, 0.3) is 0 Å². The number of nitrogens with zero attached hydrogens (tertiary/aromatic N) is 1. The molecule has 24 heavy (non-hydrogen) atoms. The van der Waals surface area contributed by atoms with Crippen LogP contribution in [0.3, 0.4) is 0 Å². The Hall–Kier alpha value is -2.76. The summed E-state index contributed by atoms with van der Waals surface area (Å²) in [6.07, 6.45) is 0.109. The lowest BCUT2D eigenvalue weighted by Gasteiger charge is -2.21. The van der Waals surface area contributed by atoms with Gasteiger partial charge in [-0.25, -0.2) is 8.78 Å². The molecule has 0 saturated heterocycles. The fourth-order valence-corrected chi connectivity index (χ4v) is 2.15. The van der Waals surface area contributed by atoms with Crippen LogP contribution in [-0.4, -0.2) is 23.3 Å². The van der Waals surface area contributed by atoms with Crippen molar-refractivity contribution in [3.63, 3.8) is 0 Å². The van der Waals surface area contributed by atoms with Crippen LogP contribution in [0.5, 0.6) is 0 Å². The lowest BCUT2D eigenvalue weighted by atomic mass is 10.2. The van der Waals surface area contributed by atoms with E-state index in [1.165, 1.54) is 48.2 Å². The van der Waals surface area contributed by atoms with Crippen LogP contribution < -0.4 is 5.32 Å². The van der Waals surface area contributed by atoms with Gasteiger partial charge in [-0.2, -0.15) is 0 Å². The largest absolute Gasteiger partial charge is 0.338 e. The van der Waals surface area contributed by atoms with Crippen LogP contribution in [0.15, 0.2) is 48.5 Å². The number of halogens is 2. The molecule has 126 valence electrons. The first-order valence-electron chi connectivity index (χ1n) is 7.49. The zero-order valence-corrected chi connectivity index (χ0v) is 13.3. The summed E-state index contributed by atoms with van der Waals surface area (Å²) in [5.41, 5.74) is 1.28. The Balaban J connectivity index is 1.88. The SMILES string of the molecule is CC(=O)N(CCC(=O)Nc1ccc(F)cc1)Cc1ccc(F)cc1. The van der Waals surface area contributed by atoms with E-state index in [1.54, 1.807) is 12.1 Å². The number of anilines is 1. The molecule has 0 aliphatic rings. The molecule has 0 saturated carbocycles. The molecule has 2 rings (SSSR count). The van der Waals surface area contributed by atoms with Gasteiger partial charge in [0.15, 0.2) is 0 Å². The Bertz CT molecular complexity index is 700. The van der Waals surface area contributed by atoms with Gasteiger partial charge in [-0.15, -0.1) is 0 Å². The number of benzene rings is 2. The highest BCUT2D eigenvalue weighted by Gasteiger charge is 2.12. The summed E-state index contributed by atoms with van der Waals surface area (Å²) >= 11 is 0. The van der Waals surface area contributed by atoms with E-state index in [0.29, 0.717) is 12.2 Å². The Morgan fingerprint density at radius 2 is 1.50 bits per heavy atom. The fourth-order valence-electron chi connectivity index (χ4n) is 2.15. The van der Waals surface area contributed by atoms with Gasteiger partial charge in [0.2, 0.25) is 11.8 Å². The summed E-state index contributed by atoms with van der Waals surface area (Å²) in [6.45, 7) is 1.96. The van der Waals surface area contributed by atoms with Crippen LogP contribution >= 0.6 is 0 Å². The Labute approximate surface area is 139 Å². The second-order valence-electron chi connectivity index (χ2n) is 5.37. The summed E-state index contributed by atoms with van der Waals surface area (Å²) in [5.74, 6) is -1.16. The third kappa shape index (κ3) is 5.46. The van der Waals surface area contributed by atoms with Crippen molar-refractivity contribution in [1.82, 2.24) is 4.90 Å². The maximum atomic E-state index is 12.9. The molecule has 0 aliphatic heterocycles. The molecule has 2 aromatic carbocycles. The minimum atomic E-state index is -0.380. The Morgan fingerprint density at radius 1 is 0.958 bits per heavy atom. The first-order valence-corrected chi connectivity index (χ1v) is 7.49. The molecule has 2 aromatic rings. The van der Waals surface area contributed by atoms with E-state index in [4.69, 9.17) is 0 Å². The summed E-state index contributed by atoms with van der Waals surface area (Å²) < 4.78 is 25.7. The van der Waals surface area contributed by atoms with Gasteiger partial charge in [0, 0.05) is 32.1 Å². The molecule has 6 heteroatoms. The number of carbonyl (C=O) groups is 2. The van der Waals surface area contributed by atoms with Crippen molar-refractivity contribution in [2.24, 2.45) is 0 Å². The highest BCUT2D eigenvalue weighted by molar-refractivity contribution is 5.91. The number of rotatable bonds is 6. The van der Waals surface area contributed by atoms with Gasteiger partial charge in [-0.1, -0.05) is 12.1 Å². The van der Waals surface area contributed by atoms with Gasteiger partial charge >= 0.3 is 0 Å². The molecular weight excluding hydrogens is 314 g/mol. The van der Waals surface area contributed by atoms with E-state index in [0.717, 1.165) is 5.56 Å². The quantitative estimate of drug-likeness (QED) is 0.882. The maximum Gasteiger partial charge on any atom is 0.226 e. The second kappa shape index (κ2) is 8.19. The van der Waals surface area contributed by atoms with Crippen molar-refractivity contribution in [1.29, 1.82) is 0 Å². The van der Waals surface area contributed by atoms with Crippen LogP contribution in [0.1, 0.15) is 18.9 Å². The number of hydrogen-bond acceptors (Lipinski definition) is 2. The van der Waals surface area contributed by atoms with Crippen molar-refractivity contribution < 1.29 is 18.4 Å². The topological polar surface area (TPSA) is 49.4 Å². The highest BCUT2D eigenvalue weighted by atomic mass is 19.1. The Morgan fingerprint density at radius 3 is 2.04 bits per heavy atom. The third-order valence-electron chi connectivity index (χ3n) is 3.47. The molecule has 0 spiro atoms. The highest BCUT2D eigenvalue weighted by Crippen LogP contribution is 2.10. The smallest absolute Gasteiger partial charge is 0.226 e. The molecular formula is C18H18F2N2O2. The summed E-state index contributed by atoms with van der Waals surface area (Å²) in [6, 6.07) is 11.3. The van der Waals surface area contributed by atoms with E-state index in [9.17, 15) is 18.4 Å². The molecule has 2 amide bonds. The van der Waals surface area contributed by atoms with Crippen molar-refractivity contribution >= 4 is 17.5 Å². The van der Waals surface area contributed by atoms with Crippen LogP contribution in [0, 0.1) is 11.6 Å². The van der Waals surface area contributed by atoms with Crippen molar-refractivity contribution in [3.8, 4) is 0 Å². The van der Waals surface area contributed by atoms with E-state index in [-0.39, 0.29) is 36.4 Å². The van der Waals surface area contributed by atoms with Crippen molar-refractivity contribution in [2.75, 3.05) is 11.9 Å². The molecule has 4 nitrogen and oxygen atoms in total. The normalized spacial score (nSPS) is 10.3. The van der Waals surface area contributed by atoms with Gasteiger partial charge in [0.05, 0.1) is 0 Å². The molecule has 0 heterocycles. The summed E-state index contributed by atoms with van der Waals surface area (Å²) in [7, 11) is 0. The molecule has 1 N–H and O–H groups in total. The number of nitrogens with one attached hydrogen (secondary N) is 1. The van der Waals surface area contributed by atoms with E-state index < -0.39 is 0 Å². The Kier molecular flexibility index (Phi) is 6.01. The fraction of sp³-hybridized carbons (Fsp3) is 0.222. The number of hydrogen-bond donors (Lipinski definition) is 1. The summed E-state index contributed by atoms with van der Waals surface area (Å²) in [5, 5.41) is 2.64. The first-order chi connectivity index (χ1) is 11.4. The van der Waals surface area contributed by atoms with E-state index in [1.807, 2.05) is 0 Å². The molecule has 0 bridgehead atoms. The minimum absolute atomic E-state index is 0.109. The van der Waals surface area contributed by atoms with Crippen LogP contribution in [-0.2, 0) is 16.1 Å². The zero-order valence-electron chi connectivity index (χ0n) is 13.3. The maximum absolute atomic E-state index is 12.9. The third-order valence-corrected chi connectivity index (χ3v) is 3.47. The van der Waals surface area contributed by atoms with Crippen molar-refractivity contribution in [2.45, 2.75) is 19.9 Å². The molecule has 0 aromatic heterocycles. The number of carbonyl (C=O) groups excluding carboxylic acids is 2. The lowest BCUT2D eigenvalue weighted by molar-refractivity contribution is -0.129. The molecule has 0 unspecified atom stereocenters. The zero-order chi connectivity index (χ0) is 17.5. The standard InChI is InChI=1S/C18H18F2N2O2/c1-13(23)22(12-14-2-4-15(19)5-3-14)11-10-18(24)21-17-8-6-16(20)7-9-17/h2-9H,10-12H2,1H3,(H,21,24). The molecule has 0 radical (unpaired) electrons. The van der Waals surface area contributed by atoms with E-state index >= 15 is 0 Å². The van der Waals surface area contributed by atoms with Gasteiger partial charge in [-0.05, 0) is 42.0 Å². The second-order valence-corrected chi connectivity index (χ2v) is 5.37. The number of amides is 2. The van der Waals surface area contributed by atoms with E-state index in [2.05, 4.69) is 5.32 Å². The predicted octanol–water partition coefficient (Wildman–Crippen LogP) is 3.34. The average molecular weight is 332 g/mol. The monoisotopic (exact) mass is 332 g/mol. The molecule has 0 atom stereocenters. The van der Waals surface area contributed by atoms with Crippen molar-refractivity contribution in [3.05, 3.63) is 65.7 Å². The van der Waals surface area contributed by atoms with Gasteiger partial charge < -0.3 is 10.2 Å².